The Hall–Kier alpha value is -2.36. The van der Waals surface area contributed by atoms with Crippen LogP contribution in [0.2, 0.25) is 0 Å². The molecule has 0 saturated carbocycles. The summed E-state index contributed by atoms with van der Waals surface area (Å²) < 4.78 is 5.78. The van der Waals surface area contributed by atoms with Crippen molar-refractivity contribution in [1.29, 1.82) is 0 Å². The summed E-state index contributed by atoms with van der Waals surface area (Å²) in [6.07, 6.45) is 0. The van der Waals surface area contributed by atoms with Gasteiger partial charge in [-0.05, 0) is 31.5 Å². The van der Waals surface area contributed by atoms with E-state index in [9.17, 15) is 0 Å². The first kappa shape index (κ1) is 13.1. The molecular formula is C15H19N3O. The van der Waals surface area contributed by atoms with Crippen molar-refractivity contribution in [2.24, 2.45) is 0 Å². The Bertz CT molecular complexity index is 609. The number of hydrogen-bond donors (Lipinski definition) is 3. The highest BCUT2D eigenvalue weighted by Crippen LogP contribution is 2.28. The summed E-state index contributed by atoms with van der Waals surface area (Å²) in [5, 5.41) is 0. The van der Waals surface area contributed by atoms with Gasteiger partial charge < -0.3 is 21.9 Å². The standard InChI is InChI=1S/C15H19N3O/c1-9-6-7-13(10(2)14(9)17)19-8-11-4-3-5-12(16)15(11)18/h3-7H,8,16-18H2,1-2H3. The molecule has 2 aromatic rings. The molecule has 0 fully saturated rings. The SMILES string of the molecule is Cc1ccc(OCc2cccc(N)c2N)c(C)c1N. The maximum Gasteiger partial charge on any atom is 0.124 e. The first-order valence-electron chi connectivity index (χ1n) is 6.12. The van der Waals surface area contributed by atoms with Crippen molar-refractivity contribution < 1.29 is 4.74 Å². The van der Waals surface area contributed by atoms with Gasteiger partial charge in [-0.2, -0.15) is 0 Å². The Morgan fingerprint density at radius 3 is 2.42 bits per heavy atom. The van der Waals surface area contributed by atoms with E-state index in [1.165, 1.54) is 0 Å². The van der Waals surface area contributed by atoms with E-state index in [0.29, 0.717) is 18.0 Å². The molecule has 0 radical (unpaired) electrons. The minimum Gasteiger partial charge on any atom is -0.488 e. The van der Waals surface area contributed by atoms with Crippen LogP contribution >= 0.6 is 0 Å². The highest BCUT2D eigenvalue weighted by Gasteiger charge is 2.07. The number of ether oxygens (including phenoxy) is 1. The molecule has 0 heterocycles. The molecule has 19 heavy (non-hydrogen) atoms. The first-order valence-corrected chi connectivity index (χ1v) is 6.12. The summed E-state index contributed by atoms with van der Waals surface area (Å²) in [5.41, 5.74) is 22.4. The van der Waals surface area contributed by atoms with Crippen molar-refractivity contribution in [3.8, 4) is 5.75 Å². The van der Waals surface area contributed by atoms with Gasteiger partial charge in [0.1, 0.15) is 12.4 Å². The Morgan fingerprint density at radius 1 is 0.947 bits per heavy atom. The highest BCUT2D eigenvalue weighted by atomic mass is 16.5. The molecule has 100 valence electrons. The number of benzene rings is 2. The summed E-state index contributed by atoms with van der Waals surface area (Å²) in [6, 6.07) is 9.40. The number of anilines is 3. The quantitative estimate of drug-likeness (QED) is 0.738. The van der Waals surface area contributed by atoms with Gasteiger partial charge in [-0.1, -0.05) is 18.2 Å². The van der Waals surface area contributed by atoms with Gasteiger partial charge >= 0.3 is 0 Å². The van der Waals surface area contributed by atoms with E-state index in [0.717, 1.165) is 28.1 Å². The van der Waals surface area contributed by atoms with E-state index < -0.39 is 0 Å². The van der Waals surface area contributed by atoms with Crippen molar-refractivity contribution in [1.82, 2.24) is 0 Å². The lowest BCUT2D eigenvalue weighted by atomic mass is 10.1. The Balaban J connectivity index is 2.20. The molecular weight excluding hydrogens is 238 g/mol. The van der Waals surface area contributed by atoms with E-state index in [1.807, 2.05) is 38.1 Å². The van der Waals surface area contributed by atoms with Crippen LogP contribution in [0.4, 0.5) is 17.1 Å². The van der Waals surface area contributed by atoms with Crippen molar-refractivity contribution in [3.05, 3.63) is 47.0 Å². The number of aryl methyl sites for hydroxylation is 1. The van der Waals surface area contributed by atoms with Crippen molar-refractivity contribution in [2.45, 2.75) is 20.5 Å². The summed E-state index contributed by atoms with van der Waals surface area (Å²) in [7, 11) is 0. The Labute approximate surface area is 113 Å². The van der Waals surface area contributed by atoms with E-state index in [4.69, 9.17) is 21.9 Å². The maximum atomic E-state index is 5.98. The lowest BCUT2D eigenvalue weighted by Gasteiger charge is -2.14. The highest BCUT2D eigenvalue weighted by molar-refractivity contribution is 5.67. The zero-order chi connectivity index (χ0) is 14.0. The molecule has 0 aliphatic heterocycles. The van der Waals surface area contributed by atoms with Gasteiger partial charge in [0, 0.05) is 16.8 Å². The number of rotatable bonds is 3. The predicted octanol–water partition coefficient (Wildman–Crippen LogP) is 2.63. The molecule has 6 N–H and O–H groups in total. The summed E-state index contributed by atoms with van der Waals surface area (Å²) in [4.78, 5) is 0. The zero-order valence-electron chi connectivity index (χ0n) is 11.2. The fourth-order valence-corrected chi connectivity index (χ4v) is 1.91. The molecule has 0 aliphatic carbocycles. The Morgan fingerprint density at radius 2 is 1.68 bits per heavy atom. The van der Waals surface area contributed by atoms with Gasteiger partial charge in [-0.15, -0.1) is 0 Å². The molecule has 2 aromatic carbocycles. The van der Waals surface area contributed by atoms with E-state index in [-0.39, 0.29) is 0 Å². The molecule has 0 spiro atoms. The second-order valence-electron chi connectivity index (χ2n) is 4.63. The number of nitrogen functional groups attached to an aromatic ring is 3. The zero-order valence-corrected chi connectivity index (χ0v) is 11.2. The van der Waals surface area contributed by atoms with E-state index >= 15 is 0 Å². The van der Waals surface area contributed by atoms with Gasteiger partial charge in [0.25, 0.3) is 0 Å². The third-order valence-corrected chi connectivity index (χ3v) is 3.30. The molecule has 0 unspecified atom stereocenters. The van der Waals surface area contributed by atoms with Crippen LogP contribution in [-0.2, 0) is 6.61 Å². The lowest BCUT2D eigenvalue weighted by Crippen LogP contribution is -2.04. The number of nitrogens with two attached hydrogens (primary N) is 3. The minimum atomic E-state index is 0.375. The first-order chi connectivity index (χ1) is 9.00. The van der Waals surface area contributed by atoms with Gasteiger partial charge in [0.15, 0.2) is 0 Å². The third kappa shape index (κ3) is 2.57. The lowest BCUT2D eigenvalue weighted by molar-refractivity contribution is 0.305. The molecule has 0 amide bonds. The smallest absolute Gasteiger partial charge is 0.124 e. The van der Waals surface area contributed by atoms with E-state index in [2.05, 4.69) is 0 Å². The number of para-hydroxylation sites is 1. The van der Waals surface area contributed by atoms with Crippen molar-refractivity contribution in [2.75, 3.05) is 17.2 Å². The van der Waals surface area contributed by atoms with Crippen LogP contribution in [0.1, 0.15) is 16.7 Å². The average molecular weight is 257 g/mol. The van der Waals surface area contributed by atoms with Crippen LogP contribution in [-0.4, -0.2) is 0 Å². The second-order valence-corrected chi connectivity index (χ2v) is 4.63. The van der Waals surface area contributed by atoms with Gasteiger partial charge in [-0.25, -0.2) is 0 Å². The van der Waals surface area contributed by atoms with Gasteiger partial charge in [0.05, 0.1) is 11.4 Å². The average Bonchev–Trinajstić information content (AvgIpc) is 2.40. The van der Waals surface area contributed by atoms with Crippen LogP contribution in [0.15, 0.2) is 30.3 Å². The van der Waals surface area contributed by atoms with Gasteiger partial charge in [-0.3, -0.25) is 0 Å². The number of hydrogen-bond acceptors (Lipinski definition) is 4. The van der Waals surface area contributed by atoms with Crippen LogP contribution in [0, 0.1) is 13.8 Å². The summed E-state index contributed by atoms with van der Waals surface area (Å²) in [5.74, 6) is 0.768. The van der Waals surface area contributed by atoms with Crippen LogP contribution in [0.3, 0.4) is 0 Å². The largest absolute Gasteiger partial charge is 0.488 e. The molecule has 4 nitrogen and oxygen atoms in total. The normalized spacial score (nSPS) is 10.4. The molecule has 0 aliphatic rings. The molecule has 0 bridgehead atoms. The molecule has 0 aromatic heterocycles. The minimum absolute atomic E-state index is 0.375. The van der Waals surface area contributed by atoms with Gasteiger partial charge in [0.2, 0.25) is 0 Å². The fourth-order valence-electron chi connectivity index (χ4n) is 1.91. The van der Waals surface area contributed by atoms with Crippen molar-refractivity contribution >= 4 is 17.1 Å². The third-order valence-electron chi connectivity index (χ3n) is 3.30. The molecule has 0 saturated heterocycles. The van der Waals surface area contributed by atoms with E-state index in [1.54, 1.807) is 6.07 Å². The fraction of sp³-hybridized carbons (Fsp3) is 0.200. The maximum absolute atomic E-state index is 5.98. The van der Waals surface area contributed by atoms with Crippen LogP contribution in [0.5, 0.6) is 5.75 Å². The molecule has 4 heteroatoms. The molecule has 0 atom stereocenters. The van der Waals surface area contributed by atoms with Crippen LogP contribution < -0.4 is 21.9 Å². The monoisotopic (exact) mass is 257 g/mol. The Kier molecular flexibility index (Phi) is 3.51. The summed E-state index contributed by atoms with van der Waals surface area (Å²) in [6.45, 7) is 4.29. The summed E-state index contributed by atoms with van der Waals surface area (Å²) >= 11 is 0. The second kappa shape index (κ2) is 5.10. The topological polar surface area (TPSA) is 87.3 Å². The molecule has 2 rings (SSSR count). The van der Waals surface area contributed by atoms with Crippen LogP contribution in [0.25, 0.3) is 0 Å². The predicted molar refractivity (Wildman–Crippen MR) is 79.9 cm³/mol. The van der Waals surface area contributed by atoms with Crippen molar-refractivity contribution in [3.63, 3.8) is 0 Å².